The predicted octanol–water partition coefficient (Wildman–Crippen LogP) is -0.462. The van der Waals surface area contributed by atoms with Crippen LogP contribution in [0.2, 0.25) is 0 Å². The first kappa shape index (κ1) is 6.97. The highest BCUT2D eigenvalue weighted by molar-refractivity contribution is 7.16. The lowest BCUT2D eigenvalue weighted by Gasteiger charge is -2.07. The van der Waals surface area contributed by atoms with Crippen molar-refractivity contribution in [2.24, 2.45) is 0 Å². The Kier molecular flexibility index (Phi) is 2.04. The molecule has 0 spiro atoms. The van der Waals surface area contributed by atoms with Crippen molar-refractivity contribution in [3.8, 4) is 0 Å². The number of esters is 1. The highest BCUT2D eigenvalue weighted by atomic mass is 31.0. The molecule has 1 N–H and O–H groups in total. The van der Waals surface area contributed by atoms with Crippen molar-refractivity contribution >= 4 is 15.2 Å². The maximum atomic E-state index is 10.4. The highest BCUT2D eigenvalue weighted by Crippen LogP contribution is 2.15. The van der Waals surface area contributed by atoms with E-state index in [1.54, 1.807) is 0 Å². The number of ether oxygens (including phenoxy) is 1. The third-order valence-corrected chi connectivity index (χ3v) is 1.78. The Bertz CT molecular complexity index is 125. The van der Waals surface area contributed by atoms with Crippen molar-refractivity contribution in [1.82, 2.24) is 0 Å². The van der Waals surface area contributed by atoms with Gasteiger partial charge < -0.3 is 9.84 Å². The Morgan fingerprint density at radius 1 is 1.89 bits per heavy atom. The molecule has 4 heteroatoms. The quantitative estimate of drug-likeness (QED) is 0.404. The fraction of sp³-hybridized carbons (Fsp3) is 0.800. The zero-order valence-electron chi connectivity index (χ0n) is 4.91. The normalized spacial score (nSPS) is 34.7. The van der Waals surface area contributed by atoms with E-state index in [2.05, 4.69) is 9.24 Å². The number of carbonyl (C=O) groups is 1. The van der Waals surface area contributed by atoms with E-state index < -0.39 is 6.10 Å². The van der Waals surface area contributed by atoms with E-state index in [1.165, 1.54) is 0 Å². The number of aliphatic hydroxyl groups excluding tert-OH is 1. The zero-order chi connectivity index (χ0) is 6.85. The molecule has 0 amide bonds. The minimum Gasteiger partial charge on any atom is -0.459 e. The molecule has 1 fully saturated rings. The van der Waals surface area contributed by atoms with Crippen molar-refractivity contribution in [1.29, 1.82) is 0 Å². The molecule has 0 bridgehead atoms. The summed E-state index contributed by atoms with van der Waals surface area (Å²) in [5.41, 5.74) is 0. The van der Waals surface area contributed by atoms with Gasteiger partial charge in [0.1, 0.15) is 12.2 Å². The molecule has 0 aliphatic carbocycles. The summed E-state index contributed by atoms with van der Waals surface area (Å²) in [5.74, 6) is -0.296. The second-order valence-electron chi connectivity index (χ2n) is 2.04. The largest absolute Gasteiger partial charge is 0.459 e. The molecule has 1 aliphatic rings. The highest BCUT2D eigenvalue weighted by Gasteiger charge is 2.31. The first-order chi connectivity index (χ1) is 4.24. The summed E-state index contributed by atoms with van der Waals surface area (Å²) in [5, 5.41) is 9.00. The van der Waals surface area contributed by atoms with Gasteiger partial charge in [-0.3, -0.25) is 4.79 Å². The number of aliphatic hydroxyl groups is 1. The Hall–Kier alpha value is -0.140. The maximum Gasteiger partial charge on any atom is 0.308 e. The lowest BCUT2D eigenvalue weighted by Crippen LogP contribution is -2.21. The average molecular weight is 148 g/mol. The van der Waals surface area contributed by atoms with Gasteiger partial charge in [-0.15, -0.1) is 9.24 Å². The number of cyclic esters (lactones) is 1. The Morgan fingerprint density at radius 3 is 2.78 bits per heavy atom. The van der Waals surface area contributed by atoms with Gasteiger partial charge in [-0.1, -0.05) is 0 Å². The lowest BCUT2D eigenvalue weighted by atomic mass is 10.2. The van der Waals surface area contributed by atoms with Crippen molar-refractivity contribution in [3.63, 3.8) is 0 Å². The predicted molar refractivity (Wildman–Crippen MR) is 35.1 cm³/mol. The average Bonchev–Trinajstić information content (AvgIpc) is 2.10. The molecule has 1 aliphatic heterocycles. The molecule has 0 saturated carbocycles. The van der Waals surface area contributed by atoms with Gasteiger partial charge in [-0.2, -0.15) is 0 Å². The fourth-order valence-electron chi connectivity index (χ4n) is 0.803. The molecule has 3 atom stereocenters. The molecule has 9 heavy (non-hydrogen) atoms. The SMILES string of the molecule is O=C1CC(O)C(CP)O1. The number of hydrogen-bond acceptors (Lipinski definition) is 3. The number of hydrogen-bond donors (Lipinski definition) is 1. The Morgan fingerprint density at radius 2 is 2.56 bits per heavy atom. The van der Waals surface area contributed by atoms with Crippen LogP contribution in [0.25, 0.3) is 0 Å². The molecule has 0 aromatic rings. The van der Waals surface area contributed by atoms with Crippen LogP contribution < -0.4 is 0 Å². The standard InChI is InChI=1S/C5H9O3P/c6-3-1-5(7)8-4(3)2-9/h3-4,6H,1-2,9H2. The van der Waals surface area contributed by atoms with Crippen LogP contribution in [0.5, 0.6) is 0 Å². The summed E-state index contributed by atoms with van der Waals surface area (Å²) in [6.07, 6.45) is -0.108. The van der Waals surface area contributed by atoms with E-state index >= 15 is 0 Å². The molecule has 0 aromatic heterocycles. The van der Waals surface area contributed by atoms with Gasteiger partial charge in [-0.25, -0.2) is 0 Å². The van der Waals surface area contributed by atoms with Crippen LogP contribution >= 0.6 is 9.24 Å². The first-order valence-corrected chi connectivity index (χ1v) is 3.63. The number of carbonyl (C=O) groups excluding carboxylic acids is 1. The summed E-state index contributed by atoms with van der Waals surface area (Å²) in [7, 11) is 2.43. The molecule has 3 unspecified atom stereocenters. The van der Waals surface area contributed by atoms with Crippen LogP contribution in [-0.2, 0) is 9.53 Å². The molecular formula is C5H9O3P. The summed E-state index contributed by atoms with van der Waals surface area (Å²) in [6.45, 7) is 0. The van der Waals surface area contributed by atoms with E-state index in [1.807, 2.05) is 0 Å². The molecule has 1 heterocycles. The summed E-state index contributed by atoms with van der Waals surface area (Å²) in [4.78, 5) is 10.4. The van der Waals surface area contributed by atoms with Gasteiger partial charge in [0.15, 0.2) is 0 Å². The fourth-order valence-corrected chi connectivity index (χ4v) is 1.21. The molecular weight excluding hydrogens is 139 g/mol. The van der Waals surface area contributed by atoms with E-state index in [9.17, 15) is 4.79 Å². The maximum absolute atomic E-state index is 10.4. The minimum absolute atomic E-state index is 0.152. The van der Waals surface area contributed by atoms with Crippen molar-refractivity contribution in [2.75, 3.05) is 6.16 Å². The topological polar surface area (TPSA) is 46.5 Å². The third-order valence-electron chi connectivity index (χ3n) is 1.32. The van der Waals surface area contributed by atoms with E-state index in [4.69, 9.17) is 9.84 Å². The van der Waals surface area contributed by atoms with Crippen LogP contribution in [0, 0.1) is 0 Å². The molecule has 0 aromatic carbocycles. The summed E-state index contributed by atoms with van der Waals surface area (Å²) in [6, 6.07) is 0. The molecule has 1 saturated heterocycles. The van der Waals surface area contributed by atoms with Gasteiger partial charge in [0, 0.05) is 6.16 Å². The van der Waals surface area contributed by atoms with Gasteiger partial charge in [0.25, 0.3) is 0 Å². The zero-order valence-corrected chi connectivity index (χ0v) is 6.06. The van der Waals surface area contributed by atoms with Gasteiger partial charge in [0.05, 0.1) is 6.42 Å². The van der Waals surface area contributed by atoms with Crippen molar-refractivity contribution < 1.29 is 14.6 Å². The smallest absolute Gasteiger partial charge is 0.308 e. The molecule has 52 valence electrons. The second-order valence-corrected chi connectivity index (χ2v) is 2.51. The molecule has 1 rings (SSSR count). The summed E-state index contributed by atoms with van der Waals surface area (Å²) < 4.78 is 4.71. The molecule has 3 nitrogen and oxygen atoms in total. The Labute approximate surface area is 55.6 Å². The van der Waals surface area contributed by atoms with E-state index in [0.717, 1.165) is 0 Å². The minimum atomic E-state index is -0.588. The van der Waals surface area contributed by atoms with Crippen LogP contribution in [0.1, 0.15) is 6.42 Å². The first-order valence-electron chi connectivity index (χ1n) is 2.81. The van der Waals surface area contributed by atoms with Crippen molar-refractivity contribution in [3.05, 3.63) is 0 Å². The number of rotatable bonds is 1. The third kappa shape index (κ3) is 1.41. The van der Waals surface area contributed by atoms with Gasteiger partial charge >= 0.3 is 5.97 Å². The lowest BCUT2D eigenvalue weighted by molar-refractivity contribution is -0.140. The van der Waals surface area contributed by atoms with Gasteiger partial charge in [-0.05, 0) is 0 Å². The summed E-state index contributed by atoms with van der Waals surface area (Å²) >= 11 is 0. The Balaban J connectivity index is 2.47. The van der Waals surface area contributed by atoms with Crippen LogP contribution in [0.3, 0.4) is 0 Å². The van der Waals surface area contributed by atoms with Crippen LogP contribution in [0.15, 0.2) is 0 Å². The second kappa shape index (κ2) is 2.63. The van der Waals surface area contributed by atoms with E-state index in [0.29, 0.717) is 6.16 Å². The van der Waals surface area contributed by atoms with Gasteiger partial charge in [0.2, 0.25) is 0 Å². The monoisotopic (exact) mass is 148 g/mol. The molecule has 0 radical (unpaired) electrons. The van der Waals surface area contributed by atoms with Crippen LogP contribution in [0.4, 0.5) is 0 Å². The van der Waals surface area contributed by atoms with Crippen LogP contribution in [-0.4, -0.2) is 29.4 Å². The van der Waals surface area contributed by atoms with Crippen molar-refractivity contribution in [2.45, 2.75) is 18.6 Å². The van der Waals surface area contributed by atoms with E-state index in [-0.39, 0.29) is 18.5 Å².